The van der Waals surface area contributed by atoms with Gasteiger partial charge in [0.1, 0.15) is 5.82 Å². The molecule has 0 unspecified atom stereocenters. The number of fused-ring (bicyclic) bond motifs is 1. The topological polar surface area (TPSA) is 0 Å². The molecule has 2 aromatic rings. The fraction of sp³-hybridized carbons (Fsp3) is 0.111. The third kappa shape index (κ3) is 1.52. The van der Waals surface area contributed by atoms with Crippen molar-refractivity contribution in [1.82, 2.24) is 0 Å². The van der Waals surface area contributed by atoms with Crippen LogP contribution in [0.4, 0.5) is 13.2 Å². The van der Waals surface area contributed by atoms with Gasteiger partial charge >= 0.3 is 0 Å². The Hall–Kier alpha value is -0.300. The normalized spacial score (nSPS) is 11.5. The average molecular weight is 328 g/mol. The van der Waals surface area contributed by atoms with Crippen LogP contribution in [0.15, 0.2) is 17.5 Å². The Morgan fingerprint density at radius 3 is 2.71 bits per heavy atom. The van der Waals surface area contributed by atoms with Gasteiger partial charge in [0.05, 0.1) is 4.70 Å². The van der Waals surface area contributed by atoms with Crippen molar-refractivity contribution < 1.29 is 13.2 Å². The van der Waals surface area contributed by atoms with E-state index in [0.29, 0.717) is 13.7 Å². The van der Waals surface area contributed by atoms with Gasteiger partial charge in [-0.05, 0) is 40.1 Å². The van der Waals surface area contributed by atoms with E-state index in [2.05, 4.69) is 0 Å². The molecule has 0 radical (unpaired) electrons. The first-order valence-corrected chi connectivity index (χ1v) is 5.70. The van der Waals surface area contributed by atoms with E-state index in [1.54, 1.807) is 11.4 Å². The Morgan fingerprint density at radius 1 is 1.36 bits per heavy atom. The SMILES string of the molecule is Fc1cc(C(F)F)c(I)c2sccc12. The van der Waals surface area contributed by atoms with Crippen molar-refractivity contribution in [3.05, 3.63) is 32.5 Å². The molecule has 0 N–H and O–H groups in total. The van der Waals surface area contributed by atoms with E-state index in [9.17, 15) is 13.2 Å². The van der Waals surface area contributed by atoms with E-state index in [0.717, 1.165) is 6.07 Å². The molecule has 5 heteroatoms. The van der Waals surface area contributed by atoms with Gasteiger partial charge in [0, 0.05) is 14.5 Å². The van der Waals surface area contributed by atoms with Crippen LogP contribution in [-0.4, -0.2) is 0 Å². The number of hydrogen-bond acceptors (Lipinski definition) is 1. The number of rotatable bonds is 1. The Labute approximate surface area is 95.9 Å². The summed E-state index contributed by atoms with van der Waals surface area (Å²) >= 11 is 3.11. The molecule has 0 bridgehead atoms. The lowest BCUT2D eigenvalue weighted by Gasteiger charge is -2.04. The van der Waals surface area contributed by atoms with Gasteiger partial charge < -0.3 is 0 Å². The van der Waals surface area contributed by atoms with Crippen LogP contribution in [0.3, 0.4) is 0 Å². The molecule has 0 fully saturated rings. The highest BCUT2D eigenvalue weighted by molar-refractivity contribution is 14.1. The third-order valence-corrected chi connectivity index (χ3v) is 4.35. The van der Waals surface area contributed by atoms with Crippen LogP contribution < -0.4 is 0 Å². The molecular weight excluding hydrogens is 324 g/mol. The average Bonchev–Trinajstić information content (AvgIpc) is 2.59. The summed E-state index contributed by atoms with van der Waals surface area (Å²) in [5.41, 5.74) is -0.224. The van der Waals surface area contributed by atoms with Gasteiger partial charge in [-0.1, -0.05) is 0 Å². The molecule has 0 amide bonds. The van der Waals surface area contributed by atoms with Gasteiger partial charge in [-0.25, -0.2) is 13.2 Å². The summed E-state index contributed by atoms with van der Waals surface area (Å²) in [6.07, 6.45) is -2.62. The Bertz CT molecular complexity index is 478. The van der Waals surface area contributed by atoms with Crippen molar-refractivity contribution in [3.63, 3.8) is 0 Å². The summed E-state index contributed by atoms with van der Waals surface area (Å²) in [6.45, 7) is 0. The third-order valence-electron chi connectivity index (χ3n) is 1.89. The van der Waals surface area contributed by atoms with Crippen LogP contribution in [0.5, 0.6) is 0 Å². The maximum Gasteiger partial charge on any atom is 0.265 e. The second-order valence-corrected chi connectivity index (χ2v) is 4.72. The zero-order chi connectivity index (χ0) is 10.3. The van der Waals surface area contributed by atoms with E-state index in [1.807, 2.05) is 22.6 Å². The molecular formula is C9H4F3IS. The van der Waals surface area contributed by atoms with Crippen LogP contribution in [0.2, 0.25) is 0 Å². The largest absolute Gasteiger partial charge is 0.265 e. The molecule has 14 heavy (non-hydrogen) atoms. The Balaban J connectivity index is 2.82. The van der Waals surface area contributed by atoms with Crippen molar-refractivity contribution in [2.75, 3.05) is 0 Å². The van der Waals surface area contributed by atoms with E-state index >= 15 is 0 Å². The summed E-state index contributed by atoms with van der Waals surface area (Å²) in [5.74, 6) is -0.572. The molecule has 0 aliphatic rings. The molecule has 0 nitrogen and oxygen atoms in total. The summed E-state index contributed by atoms with van der Waals surface area (Å²) in [5, 5.41) is 2.12. The number of halogens is 4. The smallest absolute Gasteiger partial charge is 0.206 e. The highest BCUT2D eigenvalue weighted by atomic mass is 127. The second kappa shape index (κ2) is 3.69. The lowest BCUT2D eigenvalue weighted by Crippen LogP contribution is -1.91. The molecule has 2 rings (SSSR count). The molecule has 1 aromatic heterocycles. The fourth-order valence-electron chi connectivity index (χ4n) is 1.23. The minimum absolute atomic E-state index is 0.224. The van der Waals surface area contributed by atoms with Gasteiger partial charge in [0.2, 0.25) is 0 Å². The Morgan fingerprint density at radius 2 is 2.07 bits per heavy atom. The van der Waals surface area contributed by atoms with E-state index in [1.165, 1.54) is 11.3 Å². The predicted octanol–water partition coefficient (Wildman–Crippen LogP) is 4.58. The van der Waals surface area contributed by atoms with Gasteiger partial charge in [-0.3, -0.25) is 0 Å². The Kier molecular flexibility index (Phi) is 2.70. The highest BCUT2D eigenvalue weighted by Gasteiger charge is 2.17. The van der Waals surface area contributed by atoms with Crippen molar-refractivity contribution in [1.29, 1.82) is 0 Å². The molecule has 74 valence electrons. The molecule has 0 aliphatic carbocycles. The number of hydrogen-bond donors (Lipinski definition) is 0. The molecule has 1 heterocycles. The number of thiophene rings is 1. The molecule has 0 atom stereocenters. The zero-order valence-electron chi connectivity index (χ0n) is 6.73. The maximum atomic E-state index is 13.3. The highest BCUT2D eigenvalue weighted by Crippen LogP contribution is 2.35. The predicted molar refractivity (Wildman–Crippen MR) is 59.5 cm³/mol. The lowest BCUT2D eigenvalue weighted by atomic mass is 10.2. The van der Waals surface area contributed by atoms with Crippen molar-refractivity contribution >= 4 is 44.0 Å². The molecule has 0 spiro atoms. The molecule has 1 aromatic carbocycles. The summed E-state index contributed by atoms with van der Waals surface area (Å²) < 4.78 is 39.3. The van der Waals surface area contributed by atoms with Gasteiger partial charge in [0.15, 0.2) is 0 Å². The van der Waals surface area contributed by atoms with Crippen LogP contribution in [0.1, 0.15) is 12.0 Å². The number of alkyl halides is 2. The van der Waals surface area contributed by atoms with Crippen molar-refractivity contribution in [2.24, 2.45) is 0 Å². The van der Waals surface area contributed by atoms with E-state index in [-0.39, 0.29) is 5.56 Å². The first kappa shape index (κ1) is 10.2. The van der Waals surface area contributed by atoms with Gasteiger partial charge in [0.25, 0.3) is 6.43 Å². The van der Waals surface area contributed by atoms with Crippen molar-refractivity contribution in [2.45, 2.75) is 6.43 Å². The summed E-state index contributed by atoms with van der Waals surface area (Å²) in [4.78, 5) is 0. The van der Waals surface area contributed by atoms with Gasteiger partial charge in [-0.2, -0.15) is 0 Å². The molecule has 0 saturated carbocycles. The summed E-state index contributed by atoms with van der Waals surface area (Å²) in [6, 6.07) is 2.52. The standard InChI is InChI=1S/C9H4F3IS/c10-6-3-5(9(11)12)7(13)8-4(6)1-2-14-8/h1-3,9H. The molecule has 0 aliphatic heterocycles. The van der Waals surface area contributed by atoms with E-state index in [4.69, 9.17) is 0 Å². The minimum atomic E-state index is -2.62. The number of benzene rings is 1. The monoisotopic (exact) mass is 328 g/mol. The lowest BCUT2D eigenvalue weighted by molar-refractivity contribution is 0.150. The van der Waals surface area contributed by atoms with Crippen LogP contribution >= 0.6 is 33.9 Å². The summed E-state index contributed by atoms with van der Waals surface area (Å²) in [7, 11) is 0. The quantitative estimate of drug-likeness (QED) is 0.672. The second-order valence-electron chi connectivity index (χ2n) is 2.73. The van der Waals surface area contributed by atoms with Crippen LogP contribution in [0, 0.1) is 9.39 Å². The first-order valence-electron chi connectivity index (χ1n) is 3.74. The minimum Gasteiger partial charge on any atom is -0.206 e. The molecule has 0 saturated heterocycles. The fourth-order valence-corrected chi connectivity index (χ4v) is 3.15. The van der Waals surface area contributed by atoms with Crippen molar-refractivity contribution in [3.8, 4) is 0 Å². The van der Waals surface area contributed by atoms with Gasteiger partial charge in [-0.15, -0.1) is 11.3 Å². The maximum absolute atomic E-state index is 13.3. The first-order chi connectivity index (χ1) is 6.61. The van der Waals surface area contributed by atoms with E-state index < -0.39 is 12.2 Å². The van der Waals surface area contributed by atoms with Crippen LogP contribution in [0.25, 0.3) is 10.1 Å². The van der Waals surface area contributed by atoms with Crippen LogP contribution in [-0.2, 0) is 0 Å². The zero-order valence-corrected chi connectivity index (χ0v) is 9.70.